The number of rotatable bonds is 5. The summed E-state index contributed by atoms with van der Waals surface area (Å²) in [7, 11) is 3.25. The van der Waals surface area contributed by atoms with E-state index >= 15 is 0 Å². The summed E-state index contributed by atoms with van der Waals surface area (Å²) in [5.41, 5.74) is 6.50. The van der Waals surface area contributed by atoms with E-state index in [1.807, 2.05) is 17.8 Å². The van der Waals surface area contributed by atoms with Crippen molar-refractivity contribution < 1.29 is 9.53 Å². The van der Waals surface area contributed by atoms with E-state index in [0.29, 0.717) is 23.6 Å². The van der Waals surface area contributed by atoms with Gasteiger partial charge < -0.3 is 20.4 Å². The van der Waals surface area contributed by atoms with Gasteiger partial charge in [-0.3, -0.25) is 0 Å². The van der Waals surface area contributed by atoms with E-state index in [2.05, 4.69) is 20.0 Å². The first-order valence-electron chi connectivity index (χ1n) is 6.16. The Balaban J connectivity index is 2.03. The molecule has 0 aromatic carbocycles. The summed E-state index contributed by atoms with van der Waals surface area (Å²) in [6, 6.07) is 1.53. The Labute approximate surface area is 116 Å². The van der Waals surface area contributed by atoms with Crippen LogP contribution in [0.5, 0.6) is 0 Å². The van der Waals surface area contributed by atoms with Crippen LogP contribution in [0, 0.1) is 0 Å². The molecule has 0 spiro atoms. The number of aryl methyl sites for hydroxylation is 1. The van der Waals surface area contributed by atoms with Crippen molar-refractivity contribution in [2.45, 2.75) is 6.42 Å². The van der Waals surface area contributed by atoms with E-state index in [9.17, 15) is 4.79 Å². The van der Waals surface area contributed by atoms with Gasteiger partial charge in [0.1, 0.15) is 11.6 Å². The summed E-state index contributed by atoms with van der Waals surface area (Å²) in [5, 5.41) is 3.10. The molecule has 0 radical (unpaired) electrons. The van der Waals surface area contributed by atoms with Crippen LogP contribution in [0.1, 0.15) is 16.2 Å². The highest BCUT2D eigenvalue weighted by Gasteiger charge is 2.13. The van der Waals surface area contributed by atoms with E-state index in [4.69, 9.17) is 5.73 Å². The molecule has 2 rings (SSSR count). The molecular weight excluding hydrogens is 258 g/mol. The van der Waals surface area contributed by atoms with Crippen molar-refractivity contribution in [3.05, 3.63) is 36.0 Å². The fourth-order valence-electron chi connectivity index (χ4n) is 1.83. The zero-order chi connectivity index (χ0) is 14.5. The number of imidazole rings is 1. The van der Waals surface area contributed by atoms with E-state index in [1.54, 1.807) is 6.20 Å². The standard InChI is InChI=1S/C13H17N5O2/c1-18-8-7-15-10(18)4-6-17-12-11(14)9(3-5-16-12)13(19)20-2/h3,5,7-8H,4,6,14H2,1-2H3,(H,16,17). The molecule has 2 aromatic rings. The van der Waals surface area contributed by atoms with Crippen molar-refractivity contribution in [1.29, 1.82) is 0 Å². The SMILES string of the molecule is COC(=O)c1ccnc(NCCc2nccn2C)c1N. The van der Waals surface area contributed by atoms with Crippen LogP contribution in [0.4, 0.5) is 11.5 Å². The van der Waals surface area contributed by atoms with Crippen molar-refractivity contribution >= 4 is 17.5 Å². The maximum Gasteiger partial charge on any atom is 0.340 e. The summed E-state index contributed by atoms with van der Waals surface area (Å²) in [4.78, 5) is 19.9. The van der Waals surface area contributed by atoms with Gasteiger partial charge in [0.25, 0.3) is 0 Å². The molecule has 0 saturated carbocycles. The van der Waals surface area contributed by atoms with Crippen LogP contribution >= 0.6 is 0 Å². The zero-order valence-electron chi connectivity index (χ0n) is 11.5. The predicted molar refractivity (Wildman–Crippen MR) is 75.4 cm³/mol. The quantitative estimate of drug-likeness (QED) is 0.785. The Morgan fingerprint density at radius 1 is 1.45 bits per heavy atom. The Kier molecular flexibility index (Phi) is 4.19. The maximum absolute atomic E-state index is 11.5. The number of esters is 1. The van der Waals surface area contributed by atoms with Crippen LogP contribution in [0.2, 0.25) is 0 Å². The highest BCUT2D eigenvalue weighted by Crippen LogP contribution is 2.20. The lowest BCUT2D eigenvalue weighted by atomic mass is 10.2. The van der Waals surface area contributed by atoms with Gasteiger partial charge in [-0.25, -0.2) is 14.8 Å². The molecule has 0 amide bonds. The summed E-state index contributed by atoms with van der Waals surface area (Å²) < 4.78 is 6.61. The number of nitrogen functional groups attached to an aromatic ring is 1. The highest BCUT2D eigenvalue weighted by atomic mass is 16.5. The Bertz CT molecular complexity index is 609. The van der Waals surface area contributed by atoms with Crippen molar-refractivity contribution in [2.75, 3.05) is 24.7 Å². The van der Waals surface area contributed by atoms with Gasteiger partial charge in [0.15, 0.2) is 0 Å². The second-order valence-corrected chi connectivity index (χ2v) is 4.24. The summed E-state index contributed by atoms with van der Waals surface area (Å²) >= 11 is 0. The van der Waals surface area contributed by atoms with Crippen molar-refractivity contribution in [1.82, 2.24) is 14.5 Å². The molecule has 0 fully saturated rings. The lowest BCUT2D eigenvalue weighted by molar-refractivity contribution is 0.0602. The number of methoxy groups -OCH3 is 1. The molecule has 3 N–H and O–H groups in total. The minimum atomic E-state index is -0.475. The minimum absolute atomic E-state index is 0.291. The van der Waals surface area contributed by atoms with Gasteiger partial charge in [-0.05, 0) is 6.07 Å². The summed E-state index contributed by atoms with van der Waals surface area (Å²) in [6.07, 6.45) is 5.89. The molecule has 106 valence electrons. The minimum Gasteiger partial charge on any atom is -0.465 e. The number of nitrogens with two attached hydrogens (primary N) is 1. The number of ether oxygens (including phenoxy) is 1. The number of nitrogens with one attached hydrogen (secondary N) is 1. The number of hydrogen-bond acceptors (Lipinski definition) is 6. The normalized spacial score (nSPS) is 10.3. The molecule has 0 aliphatic carbocycles. The highest BCUT2D eigenvalue weighted by molar-refractivity contribution is 5.97. The second kappa shape index (κ2) is 6.05. The van der Waals surface area contributed by atoms with Crippen molar-refractivity contribution in [3.63, 3.8) is 0 Å². The smallest absolute Gasteiger partial charge is 0.340 e. The Morgan fingerprint density at radius 3 is 2.90 bits per heavy atom. The third-order valence-electron chi connectivity index (χ3n) is 2.96. The number of hydrogen-bond donors (Lipinski definition) is 2. The molecule has 2 aromatic heterocycles. The molecule has 0 aliphatic rings. The van der Waals surface area contributed by atoms with Crippen molar-refractivity contribution in [3.8, 4) is 0 Å². The fraction of sp³-hybridized carbons (Fsp3) is 0.308. The number of pyridine rings is 1. The van der Waals surface area contributed by atoms with Gasteiger partial charge in [-0.1, -0.05) is 0 Å². The zero-order valence-corrected chi connectivity index (χ0v) is 11.5. The van der Waals surface area contributed by atoms with Crippen LogP contribution in [-0.2, 0) is 18.2 Å². The largest absolute Gasteiger partial charge is 0.465 e. The fourth-order valence-corrected chi connectivity index (χ4v) is 1.83. The topological polar surface area (TPSA) is 95.1 Å². The molecule has 7 heteroatoms. The van der Waals surface area contributed by atoms with E-state index in [-0.39, 0.29) is 0 Å². The van der Waals surface area contributed by atoms with Crippen LogP contribution in [-0.4, -0.2) is 34.2 Å². The van der Waals surface area contributed by atoms with Crippen LogP contribution in [0.15, 0.2) is 24.7 Å². The number of carbonyl (C=O) groups is 1. The number of nitrogens with zero attached hydrogens (tertiary/aromatic N) is 3. The van der Waals surface area contributed by atoms with Gasteiger partial charge in [-0.15, -0.1) is 0 Å². The number of aromatic nitrogens is 3. The maximum atomic E-state index is 11.5. The lowest BCUT2D eigenvalue weighted by Gasteiger charge is -2.10. The van der Waals surface area contributed by atoms with Gasteiger partial charge in [0, 0.05) is 38.6 Å². The first-order valence-corrected chi connectivity index (χ1v) is 6.16. The van der Waals surface area contributed by atoms with Gasteiger partial charge in [0.05, 0.1) is 18.4 Å². The molecule has 0 unspecified atom stereocenters. The Hall–Kier alpha value is -2.57. The van der Waals surface area contributed by atoms with Gasteiger partial charge in [-0.2, -0.15) is 0 Å². The predicted octanol–water partition coefficient (Wildman–Crippen LogP) is 0.838. The van der Waals surface area contributed by atoms with E-state index < -0.39 is 5.97 Å². The van der Waals surface area contributed by atoms with Crippen LogP contribution in [0.25, 0.3) is 0 Å². The first kappa shape index (κ1) is 13.9. The summed E-state index contributed by atoms with van der Waals surface area (Å²) in [6.45, 7) is 0.618. The Morgan fingerprint density at radius 2 is 2.25 bits per heavy atom. The lowest BCUT2D eigenvalue weighted by Crippen LogP contribution is -2.13. The average molecular weight is 275 g/mol. The second-order valence-electron chi connectivity index (χ2n) is 4.24. The summed E-state index contributed by atoms with van der Waals surface area (Å²) in [5.74, 6) is 0.958. The van der Waals surface area contributed by atoms with E-state index in [1.165, 1.54) is 19.4 Å². The molecule has 2 heterocycles. The molecule has 0 aliphatic heterocycles. The molecule has 0 atom stereocenters. The average Bonchev–Trinajstić information content (AvgIpc) is 2.85. The van der Waals surface area contributed by atoms with Gasteiger partial charge >= 0.3 is 5.97 Å². The first-order chi connectivity index (χ1) is 9.63. The van der Waals surface area contributed by atoms with Crippen LogP contribution < -0.4 is 11.1 Å². The molecule has 20 heavy (non-hydrogen) atoms. The van der Waals surface area contributed by atoms with Crippen molar-refractivity contribution in [2.24, 2.45) is 7.05 Å². The molecular formula is C13H17N5O2. The molecule has 7 nitrogen and oxygen atoms in total. The third kappa shape index (κ3) is 2.87. The van der Waals surface area contributed by atoms with Gasteiger partial charge in [0.2, 0.25) is 0 Å². The third-order valence-corrected chi connectivity index (χ3v) is 2.96. The number of carbonyl (C=O) groups excluding carboxylic acids is 1. The van der Waals surface area contributed by atoms with E-state index in [0.717, 1.165) is 12.2 Å². The molecule has 0 saturated heterocycles. The molecule has 0 bridgehead atoms. The number of anilines is 2. The monoisotopic (exact) mass is 275 g/mol. The van der Waals surface area contributed by atoms with Crippen LogP contribution in [0.3, 0.4) is 0 Å².